The maximum atomic E-state index is 10.4. The van der Waals surface area contributed by atoms with E-state index >= 15 is 0 Å². The predicted octanol–water partition coefficient (Wildman–Crippen LogP) is 0.929. The van der Waals surface area contributed by atoms with Gasteiger partial charge in [0, 0.05) is 10.7 Å². The number of nitrogens with zero attached hydrogens (tertiary/aromatic N) is 1. The van der Waals surface area contributed by atoms with Gasteiger partial charge in [0.25, 0.3) is 0 Å². The lowest BCUT2D eigenvalue weighted by atomic mass is 10.2. The molecule has 5 heteroatoms. The van der Waals surface area contributed by atoms with E-state index in [0.717, 1.165) is 4.47 Å². The number of aromatic nitrogens is 1. The standard InChI is InChI=1S/C7H7BrN2O2/c8-4-1-2-10-5(3-4)6(9)7(11)12/h1-3,6H,9H2,(H,11,12)/t6-/m0/s1. The van der Waals surface area contributed by atoms with Gasteiger partial charge in [-0.25, -0.2) is 0 Å². The summed E-state index contributed by atoms with van der Waals surface area (Å²) in [5, 5.41) is 8.55. The van der Waals surface area contributed by atoms with Crippen LogP contribution in [0.4, 0.5) is 0 Å². The highest BCUT2D eigenvalue weighted by molar-refractivity contribution is 9.10. The molecule has 1 rings (SSSR count). The number of nitrogens with two attached hydrogens (primary N) is 1. The third-order valence-corrected chi connectivity index (χ3v) is 1.82. The maximum Gasteiger partial charge on any atom is 0.326 e. The van der Waals surface area contributed by atoms with Crippen LogP contribution in [0.15, 0.2) is 22.8 Å². The van der Waals surface area contributed by atoms with E-state index in [0.29, 0.717) is 5.69 Å². The second-order valence-electron chi connectivity index (χ2n) is 2.21. The van der Waals surface area contributed by atoms with Crippen molar-refractivity contribution in [1.82, 2.24) is 4.98 Å². The molecule has 3 N–H and O–H groups in total. The molecule has 0 aliphatic carbocycles. The van der Waals surface area contributed by atoms with E-state index in [4.69, 9.17) is 10.8 Å². The molecular formula is C7H7BrN2O2. The molecule has 4 nitrogen and oxygen atoms in total. The molecule has 0 unspecified atom stereocenters. The van der Waals surface area contributed by atoms with Crippen molar-refractivity contribution in [2.75, 3.05) is 0 Å². The monoisotopic (exact) mass is 230 g/mol. The fourth-order valence-corrected chi connectivity index (χ4v) is 1.07. The number of pyridine rings is 1. The lowest BCUT2D eigenvalue weighted by Crippen LogP contribution is -2.21. The van der Waals surface area contributed by atoms with Gasteiger partial charge in [-0.1, -0.05) is 15.9 Å². The molecule has 1 atom stereocenters. The summed E-state index contributed by atoms with van der Waals surface area (Å²) in [5.41, 5.74) is 5.67. The molecule has 64 valence electrons. The Kier molecular flexibility index (Phi) is 2.78. The molecule has 1 heterocycles. The number of halogens is 1. The number of hydrogen-bond donors (Lipinski definition) is 2. The summed E-state index contributed by atoms with van der Waals surface area (Å²) in [6.45, 7) is 0. The van der Waals surface area contributed by atoms with Crippen molar-refractivity contribution < 1.29 is 9.90 Å². The Morgan fingerprint density at radius 1 is 1.75 bits per heavy atom. The Morgan fingerprint density at radius 3 is 2.92 bits per heavy atom. The van der Waals surface area contributed by atoms with Crippen molar-refractivity contribution in [3.8, 4) is 0 Å². The number of carboxylic acids is 1. The molecule has 0 amide bonds. The minimum Gasteiger partial charge on any atom is -0.480 e. The molecule has 1 aromatic rings. The summed E-state index contributed by atoms with van der Waals surface area (Å²) in [6.07, 6.45) is 1.50. The Hall–Kier alpha value is -0.940. The zero-order valence-electron chi connectivity index (χ0n) is 6.07. The molecule has 0 aliphatic heterocycles. The fraction of sp³-hybridized carbons (Fsp3) is 0.143. The van der Waals surface area contributed by atoms with Gasteiger partial charge < -0.3 is 10.8 Å². The van der Waals surface area contributed by atoms with Crippen molar-refractivity contribution in [2.24, 2.45) is 5.73 Å². The summed E-state index contributed by atoms with van der Waals surface area (Å²) in [5.74, 6) is -1.08. The number of rotatable bonds is 2. The summed E-state index contributed by atoms with van der Waals surface area (Å²) >= 11 is 3.19. The van der Waals surface area contributed by atoms with Crippen molar-refractivity contribution in [3.05, 3.63) is 28.5 Å². The van der Waals surface area contributed by atoms with E-state index in [9.17, 15) is 4.79 Å². The molecule has 0 aromatic carbocycles. The number of hydrogen-bond acceptors (Lipinski definition) is 3. The van der Waals surface area contributed by atoms with Crippen LogP contribution in [0.2, 0.25) is 0 Å². The summed E-state index contributed by atoms with van der Waals surface area (Å²) < 4.78 is 0.768. The van der Waals surface area contributed by atoms with Crippen LogP contribution >= 0.6 is 15.9 Å². The Labute approximate surface area is 77.5 Å². The minimum atomic E-state index is -1.08. The number of aliphatic carboxylic acids is 1. The highest BCUT2D eigenvalue weighted by Crippen LogP contribution is 2.13. The van der Waals surface area contributed by atoms with Crippen molar-refractivity contribution in [3.63, 3.8) is 0 Å². The smallest absolute Gasteiger partial charge is 0.326 e. The van der Waals surface area contributed by atoms with Crippen molar-refractivity contribution in [1.29, 1.82) is 0 Å². The minimum absolute atomic E-state index is 0.344. The van der Waals surface area contributed by atoms with Crippen LogP contribution in [0.1, 0.15) is 11.7 Å². The molecule has 0 spiro atoms. The first-order chi connectivity index (χ1) is 5.61. The van der Waals surface area contributed by atoms with Crippen LogP contribution in [-0.2, 0) is 4.79 Å². The second-order valence-corrected chi connectivity index (χ2v) is 3.13. The molecule has 12 heavy (non-hydrogen) atoms. The van der Waals surface area contributed by atoms with Crippen LogP contribution in [0, 0.1) is 0 Å². The van der Waals surface area contributed by atoms with Gasteiger partial charge in [0.1, 0.15) is 6.04 Å². The SMILES string of the molecule is N[C@H](C(=O)O)c1cc(Br)ccn1. The molecule has 1 aromatic heterocycles. The zero-order valence-corrected chi connectivity index (χ0v) is 7.65. The van der Waals surface area contributed by atoms with E-state index < -0.39 is 12.0 Å². The van der Waals surface area contributed by atoms with E-state index in [1.54, 1.807) is 12.1 Å². The Balaban J connectivity index is 2.95. The highest BCUT2D eigenvalue weighted by Gasteiger charge is 2.15. The molecule has 0 radical (unpaired) electrons. The van der Waals surface area contributed by atoms with Crippen molar-refractivity contribution in [2.45, 2.75) is 6.04 Å². The van der Waals surface area contributed by atoms with E-state index in [2.05, 4.69) is 20.9 Å². The lowest BCUT2D eigenvalue weighted by molar-refractivity contribution is -0.138. The zero-order chi connectivity index (χ0) is 9.14. The third kappa shape index (κ3) is 2.02. The van der Waals surface area contributed by atoms with Gasteiger partial charge in [-0.15, -0.1) is 0 Å². The average molecular weight is 231 g/mol. The third-order valence-electron chi connectivity index (χ3n) is 1.33. The van der Waals surface area contributed by atoms with Crippen LogP contribution in [0.5, 0.6) is 0 Å². The molecule has 0 aliphatic rings. The van der Waals surface area contributed by atoms with Gasteiger partial charge in [0.05, 0.1) is 5.69 Å². The number of carbonyl (C=O) groups is 1. The molecule has 0 saturated heterocycles. The summed E-state index contributed by atoms with van der Waals surface area (Å²) in [7, 11) is 0. The van der Waals surface area contributed by atoms with Crippen LogP contribution < -0.4 is 5.73 Å². The lowest BCUT2D eigenvalue weighted by Gasteiger charge is -2.04. The molecular weight excluding hydrogens is 224 g/mol. The first-order valence-corrected chi connectivity index (χ1v) is 4.00. The average Bonchev–Trinajstić information content (AvgIpc) is 2.03. The summed E-state index contributed by atoms with van der Waals surface area (Å²) in [6, 6.07) is 2.24. The second kappa shape index (κ2) is 3.64. The van der Waals surface area contributed by atoms with Gasteiger partial charge in [-0.3, -0.25) is 9.78 Å². The van der Waals surface area contributed by atoms with Gasteiger partial charge in [0.2, 0.25) is 0 Å². The van der Waals surface area contributed by atoms with Crippen molar-refractivity contribution >= 4 is 21.9 Å². The van der Waals surface area contributed by atoms with Crippen LogP contribution in [0.3, 0.4) is 0 Å². The highest BCUT2D eigenvalue weighted by atomic mass is 79.9. The Bertz CT molecular complexity index is 303. The maximum absolute atomic E-state index is 10.4. The van der Waals surface area contributed by atoms with Crippen LogP contribution in [0.25, 0.3) is 0 Å². The molecule has 0 fully saturated rings. The van der Waals surface area contributed by atoms with E-state index in [-0.39, 0.29) is 0 Å². The van der Waals surface area contributed by atoms with Gasteiger partial charge in [-0.05, 0) is 12.1 Å². The summed E-state index contributed by atoms with van der Waals surface area (Å²) in [4.78, 5) is 14.3. The fourth-order valence-electron chi connectivity index (χ4n) is 0.718. The van der Waals surface area contributed by atoms with E-state index in [1.165, 1.54) is 6.20 Å². The first-order valence-electron chi connectivity index (χ1n) is 3.21. The van der Waals surface area contributed by atoms with Gasteiger partial charge in [0.15, 0.2) is 0 Å². The molecule has 0 saturated carbocycles. The topological polar surface area (TPSA) is 76.2 Å². The normalized spacial score (nSPS) is 12.5. The first kappa shape index (κ1) is 9.15. The predicted molar refractivity (Wildman–Crippen MR) is 46.5 cm³/mol. The molecule has 0 bridgehead atoms. The van der Waals surface area contributed by atoms with Gasteiger partial charge in [-0.2, -0.15) is 0 Å². The Morgan fingerprint density at radius 2 is 2.42 bits per heavy atom. The quantitative estimate of drug-likeness (QED) is 0.793. The van der Waals surface area contributed by atoms with Gasteiger partial charge >= 0.3 is 5.97 Å². The largest absolute Gasteiger partial charge is 0.480 e. The van der Waals surface area contributed by atoms with Crippen LogP contribution in [-0.4, -0.2) is 16.1 Å². The van der Waals surface area contributed by atoms with E-state index in [1.807, 2.05) is 0 Å². The number of carboxylic acid groups (broad SMARTS) is 1.